The van der Waals surface area contributed by atoms with E-state index in [0.717, 1.165) is 11.3 Å². The third-order valence-electron chi connectivity index (χ3n) is 2.29. The predicted octanol–water partition coefficient (Wildman–Crippen LogP) is 3.23. The molecule has 0 unspecified atom stereocenters. The van der Waals surface area contributed by atoms with Gasteiger partial charge in [0.2, 0.25) is 0 Å². The second-order valence-electron chi connectivity index (χ2n) is 3.33. The summed E-state index contributed by atoms with van der Waals surface area (Å²) in [6.07, 6.45) is 0. The lowest BCUT2D eigenvalue weighted by atomic mass is 10.2. The number of hydrogen-bond donors (Lipinski definition) is 0. The van der Waals surface area contributed by atoms with Crippen LogP contribution in [0.4, 0.5) is 4.39 Å². The highest BCUT2D eigenvalue weighted by atomic mass is 32.1. The van der Waals surface area contributed by atoms with Gasteiger partial charge in [0.15, 0.2) is 11.6 Å². The number of methoxy groups -OCH3 is 1. The van der Waals surface area contributed by atoms with Crippen LogP contribution in [0.1, 0.15) is 16.6 Å². The topological polar surface area (TPSA) is 35.5 Å². The number of carbonyl (C=O) groups is 1. The Balaban J connectivity index is 2.50. The Labute approximate surface area is 102 Å². The van der Waals surface area contributed by atoms with Crippen LogP contribution >= 0.6 is 11.3 Å². The lowest BCUT2D eigenvalue weighted by Crippen LogP contribution is -2.01. The highest BCUT2D eigenvalue weighted by Crippen LogP contribution is 2.33. The molecule has 0 saturated carbocycles. The Morgan fingerprint density at radius 1 is 1.47 bits per heavy atom. The van der Waals surface area contributed by atoms with Gasteiger partial charge in [-0.3, -0.25) is 0 Å². The van der Waals surface area contributed by atoms with E-state index in [1.807, 2.05) is 0 Å². The minimum absolute atomic E-state index is 0.176. The van der Waals surface area contributed by atoms with E-state index in [9.17, 15) is 9.18 Å². The monoisotopic (exact) mass is 254 g/mol. The smallest absolute Gasteiger partial charge is 0.348 e. The molecular formula is C12H11FO3S. The molecule has 0 aliphatic heterocycles. The molecule has 0 radical (unpaired) electrons. The molecule has 3 nitrogen and oxygen atoms in total. The molecule has 2 aromatic rings. The molecule has 0 N–H and O–H groups in total. The summed E-state index contributed by atoms with van der Waals surface area (Å²) in [4.78, 5) is 11.9. The van der Waals surface area contributed by atoms with E-state index < -0.39 is 11.8 Å². The van der Waals surface area contributed by atoms with Gasteiger partial charge in [0.05, 0.1) is 18.4 Å². The van der Waals surface area contributed by atoms with Gasteiger partial charge in [0, 0.05) is 0 Å². The number of ether oxygens (including phenoxy) is 2. The zero-order chi connectivity index (χ0) is 12.4. The summed E-state index contributed by atoms with van der Waals surface area (Å²) in [5.74, 6) is -0.688. The third-order valence-corrected chi connectivity index (χ3v) is 3.41. The van der Waals surface area contributed by atoms with Crippen molar-refractivity contribution in [1.82, 2.24) is 0 Å². The normalized spacial score (nSPS) is 10.5. The number of esters is 1. The highest BCUT2D eigenvalue weighted by molar-refractivity contribution is 7.20. The first-order valence-corrected chi connectivity index (χ1v) is 5.92. The Kier molecular flexibility index (Phi) is 3.28. The van der Waals surface area contributed by atoms with Crippen LogP contribution in [0.15, 0.2) is 18.2 Å². The van der Waals surface area contributed by atoms with Crippen molar-refractivity contribution in [3.63, 3.8) is 0 Å². The molecule has 0 bridgehead atoms. The molecule has 1 aromatic heterocycles. The molecule has 0 fully saturated rings. The number of carbonyl (C=O) groups excluding carboxylic acids is 1. The van der Waals surface area contributed by atoms with E-state index in [1.165, 1.54) is 7.11 Å². The van der Waals surface area contributed by atoms with Gasteiger partial charge in [-0.1, -0.05) is 0 Å². The number of halogens is 1. The average Bonchev–Trinajstić information content (AvgIpc) is 2.75. The minimum atomic E-state index is -0.439. The maximum atomic E-state index is 13.9. The number of hydrogen-bond acceptors (Lipinski definition) is 4. The molecule has 5 heteroatoms. The molecule has 17 heavy (non-hydrogen) atoms. The molecule has 90 valence electrons. The van der Waals surface area contributed by atoms with Crippen LogP contribution in [-0.2, 0) is 4.74 Å². The molecule has 0 aliphatic rings. The Hall–Kier alpha value is -1.62. The molecule has 1 aromatic carbocycles. The van der Waals surface area contributed by atoms with Crippen LogP contribution in [0, 0.1) is 5.82 Å². The molecule has 1 heterocycles. The summed E-state index contributed by atoms with van der Waals surface area (Å²) in [6.45, 7) is 2.04. The summed E-state index contributed by atoms with van der Waals surface area (Å²) < 4.78 is 24.0. The van der Waals surface area contributed by atoms with Gasteiger partial charge in [-0.25, -0.2) is 9.18 Å². The Morgan fingerprint density at radius 2 is 2.24 bits per heavy atom. The maximum absolute atomic E-state index is 13.9. The van der Waals surface area contributed by atoms with Crippen molar-refractivity contribution < 1.29 is 18.7 Å². The van der Waals surface area contributed by atoms with Crippen molar-refractivity contribution in [1.29, 1.82) is 0 Å². The van der Waals surface area contributed by atoms with E-state index >= 15 is 0 Å². The molecule has 0 atom stereocenters. The highest BCUT2D eigenvalue weighted by Gasteiger charge is 2.15. The fraction of sp³-hybridized carbons (Fsp3) is 0.250. The van der Waals surface area contributed by atoms with Crippen LogP contribution in [-0.4, -0.2) is 19.7 Å². The Bertz CT molecular complexity index is 562. The van der Waals surface area contributed by atoms with Crippen molar-refractivity contribution >= 4 is 27.4 Å². The van der Waals surface area contributed by atoms with Crippen LogP contribution < -0.4 is 4.74 Å². The second kappa shape index (κ2) is 4.71. The van der Waals surface area contributed by atoms with Gasteiger partial charge in [-0.15, -0.1) is 11.3 Å². The van der Waals surface area contributed by atoms with Crippen molar-refractivity contribution in [2.24, 2.45) is 0 Å². The minimum Gasteiger partial charge on any atom is -0.494 e. The van der Waals surface area contributed by atoms with Gasteiger partial charge in [-0.2, -0.15) is 0 Å². The van der Waals surface area contributed by atoms with Crippen molar-refractivity contribution in [2.75, 3.05) is 13.7 Å². The number of thiophene rings is 1. The van der Waals surface area contributed by atoms with Gasteiger partial charge in [-0.05, 0) is 30.5 Å². The number of fused-ring (bicyclic) bond motifs is 1. The maximum Gasteiger partial charge on any atom is 0.348 e. The third kappa shape index (κ3) is 2.10. The van der Waals surface area contributed by atoms with Gasteiger partial charge < -0.3 is 9.47 Å². The second-order valence-corrected chi connectivity index (χ2v) is 4.38. The largest absolute Gasteiger partial charge is 0.494 e. The first-order chi connectivity index (χ1) is 8.17. The molecule has 0 spiro atoms. The molecule has 0 amide bonds. The van der Waals surface area contributed by atoms with E-state index in [0.29, 0.717) is 21.6 Å². The van der Waals surface area contributed by atoms with Crippen molar-refractivity contribution in [2.45, 2.75) is 6.92 Å². The lowest BCUT2D eigenvalue weighted by Gasteiger charge is -2.00. The van der Waals surface area contributed by atoms with E-state index in [4.69, 9.17) is 9.47 Å². The van der Waals surface area contributed by atoms with Gasteiger partial charge in [0.1, 0.15) is 4.88 Å². The predicted molar refractivity (Wildman–Crippen MR) is 64.3 cm³/mol. The quantitative estimate of drug-likeness (QED) is 0.789. The lowest BCUT2D eigenvalue weighted by molar-refractivity contribution is 0.0532. The Morgan fingerprint density at radius 3 is 2.88 bits per heavy atom. The summed E-state index contributed by atoms with van der Waals surface area (Å²) in [5, 5.41) is 0.677. The van der Waals surface area contributed by atoms with Crippen LogP contribution in [0.2, 0.25) is 0 Å². The number of benzene rings is 1. The molecule has 2 rings (SSSR count). The summed E-state index contributed by atoms with van der Waals surface area (Å²) in [6, 6.07) is 4.89. The first kappa shape index (κ1) is 11.9. The average molecular weight is 254 g/mol. The van der Waals surface area contributed by atoms with Crippen molar-refractivity contribution in [3.05, 3.63) is 28.9 Å². The SMILES string of the molecule is CCOC(=O)c1cc2ccc(OC)c(F)c2s1. The fourth-order valence-corrected chi connectivity index (χ4v) is 2.49. The fourth-order valence-electron chi connectivity index (χ4n) is 1.51. The van der Waals surface area contributed by atoms with Crippen LogP contribution in [0.5, 0.6) is 5.75 Å². The summed E-state index contributed by atoms with van der Waals surface area (Å²) in [7, 11) is 1.41. The zero-order valence-corrected chi connectivity index (χ0v) is 10.3. The van der Waals surface area contributed by atoms with E-state index in [1.54, 1.807) is 25.1 Å². The number of rotatable bonds is 3. The van der Waals surface area contributed by atoms with Crippen molar-refractivity contribution in [3.8, 4) is 5.75 Å². The zero-order valence-electron chi connectivity index (χ0n) is 9.45. The first-order valence-electron chi connectivity index (χ1n) is 5.10. The standard InChI is InChI=1S/C12H11FO3S/c1-3-16-12(14)9-6-7-4-5-8(15-2)10(13)11(7)17-9/h4-6H,3H2,1-2H3. The summed E-state index contributed by atoms with van der Waals surface area (Å²) >= 11 is 1.07. The van der Waals surface area contributed by atoms with Crippen LogP contribution in [0.25, 0.3) is 10.1 Å². The van der Waals surface area contributed by atoms with Gasteiger partial charge in [0.25, 0.3) is 0 Å². The molecule has 0 aliphatic carbocycles. The van der Waals surface area contributed by atoms with Gasteiger partial charge >= 0.3 is 5.97 Å². The van der Waals surface area contributed by atoms with E-state index in [2.05, 4.69) is 0 Å². The molecule has 0 saturated heterocycles. The van der Waals surface area contributed by atoms with E-state index in [-0.39, 0.29) is 5.75 Å². The van der Waals surface area contributed by atoms with Crippen LogP contribution in [0.3, 0.4) is 0 Å². The summed E-state index contributed by atoms with van der Waals surface area (Å²) in [5.41, 5.74) is 0. The molecular weight excluding hydrogens is 243 g/mol.